The van der Waals surface area contributed by atoms with Crippen LogP contribution < -0.4 is 30.3 Å². The van der Waals surface area contributed by atoms with Crippen LogP contribution in [0.1, 0.15) is 11.1 Å². The van der Waals surface area contributed by atoms with Crippen LogP contribution in [0.15, 0.2) is 71.8 Å². The maximum atomic E-state index is 12.2. The molecule has 3 aromatic rings. The minimum absolute atomic E-state index is 0.212. The van der Waals surface area contributed by atoms with E-state index in [1.807, 2.05) is 31.2 Å². The highest BCUT2D eigenvalue weighted by Crippen LogP contribution is 2.27. The van der Waals surface area contributed by atoms with Crippen molar-refractivity contribution < 1.29 is 28.6 Å². The molecule has 0 unspecified atom stereocenters. The summed E-state index contributed by atoms with van der Waals surface area (Å²) in [6.45, 7) is 1.75. The number of anilines is 2. The zero-order chi connectivity index (χ0) is 25.9. The van der Waals surface area contributed by atoms with E-state index in [2.05, 4.69) is 21.2 Å². The van der Waals surface area contributed by atoms with Gasteiger partial charge in [-0.2, -0.15) is 5.10 Å². The highest BCUT2D eigenvalue weighted by Gasteiger charge is 2.13. The SMILES string of the molecule is COc1cccc(NC(=O)C(=O)N/N=C\c2ccc(OCC(=O)Nc3ccc(C)cc3)c(OC)c2)c1. The topological polar surface area (TPSA) is 127 Å². The van der Waals surface area contributed by atoms with Crippen molar-refractivity contribution in [2.45, 2.75) is 6.92 Å². The summed E-state index contributed by atoms with van der Waals surface area (Å²) in [5.74, 6) is -0.883. The lowest BCUT2D eigenvalue weighted by atomic mass is 10.2. The summed E-state index contributed by atoms with van der Waals surface area (Å²) in [5, 5.41) is 9.01. The Morgan fingerprint density at radius 1 is 0.833 bits per heavy atom. The number of ether oxygens (including phenoxy) is 3. The lowest BCUT2D eigenvalue weighted by Gasteiger charge is -2.11. The van der Waals surface area contributed by atoms with E-state index in [4.69, 9.17) is 14.2 Å². The Morgan fingerprint density at radius 2 is 1.61 bits per heavy atom. The average Bonchev–Trinajstić information content (AvgIpc) is 2.89. The van der Waals surface area contributed by atoms with Gasteiger partial charge in [0.05, 0.1) is 20.4 Å². The summed E-state index contributed by atoms with van der Waals surface area (Å²) >= 11 is 0. The summed E-state index contributed by atoms with van der Waals surface area (Å²) in [6.07, 6.45) is 1.34. The molecule has 0 saturated heterocycles. The van der Waals surface area contributed by atoms with E-state index in [0.29, 0.717) is 34.2 Å². The second kappa shape index (κ2) is 12.6. The van der Waals surface area contributed by atoms with Crippen LogP contribution in [-0.2, 0) is 14.4 Å². The van der Waals surface area contributed by atoms with Crippen LogP contribution in [0, 0.1) is 6.92 Å². The van der Waals surface area contributed by atoms with Gasteiger partial charge in [-0.3, -0.25) is 14.4 Å². The average molecular weight is 491 g/mol. The van der Waals surface area contributed by atoms with E-state index < -0.39 is 11.8 Å². The number of amides is 3. The van der Waals surface area contributed by atoms with Gasteiger partial charge >= 0.3 is 11.8 Å². The van der Waals surface area contributed by atoms with Gasteiger partial charge in [-0.25, -0.2) is 5.43 Å². The Labute approximate surface area is 208 Å². The first-order chi connectivity index (χ1) is 17.4. The summed E-state index contributed by atoms with van der Waals surface area (Å²) in [4.78, 5) is 36.2. The molecule has 3 rings (SSSR count). The summed E-state index contributed by atoms with van der Waals surface area (Å²) in [5.41, 5.74) is 4.90. The minimum Gasteiger partial charge on any atom is -0.497 e. The number of nitrogens with one attached hydrogen (secondary N) is 3. The standard InChI is InChI=1S/C26H26N4O6/c1-17-7-10-19(11-8-17)28-24(31)16-36-22-12-9-18(13-23(22)35-3)15-27-30-26(33)25(32)29-20-5-4-6-21(14-20)34-2/h4-15H,16H2,1-3H3,(H,28,31)(H,29,32)(H,30,33)/b27-15-. The number of hydrogen-bond acceptors (Lipinski definition) is 7. The smallest absolute Gasteiger partial charge is 0.329 e. The zero-order valence-electron chi connectivity index (χ0n) is 20.0. The Morgan fingerprint density at radius 3 is 2.33 bits per heavy atom. The van der Waals surface area contributed by atoms with Crippen LogP contribution in [0.3, 0.4) is 0 Å². The van der Waals surface area contributed by atoms with Crippen molar-refractivity contribution in [1.29, 1.82) is 0 Å². The quantitative estimate of drug-likeness (QED) is 0.240. The van der Waals surface area contributed by atoms with E-state index in [1.54, 1.807) is 42.5 Å². The van der Waals surface area contributed by atoms with Gasteiger partial charge in [0.15, 0.2) is 18.1 Å². The molecule has 0 aliphatic carbocycles. The second-order valence-electron chi connectivity index (χ2n) is 7.50. The van der Waals surface area contributed by atoms with E-state index in [-0.39, 0.29) is 12.5 Å². The fourth-order valence-corrected chi connectivity index (χ4v) is 2.97. The molecule has 36 heavy (non-hydrogen) atoms. The molecule has 0 saturated carbocycles. The van der Waals surface area contributed by atoms with Crippen LogP contribution in [0.25, 0.3) is 0 Å². The molecule has 0 radical (unpaired) electrons. The molecule has 10 heteroatoms. The monoisotopic (exact) mass is 490 g/mol. The molecule has 3 aromatic carbocycles. The Hall–Kier alpha value is -4.86. The van der Waals surface area contributed by atoms with Crippen molar-refractivity contribution in [3.05, 3.63) is 77.9 Å². The molecule has 0 aliphatic rings. The van der Waals surface area contributed by atoms with Gasteiger partial charge in [-0.15, -0.1) is 0 Å². The molecule has 10 nitrogen and oxygen atoms in total. The fraction of sp³-hybridized carbons (Fsp3) is 0.154. The molecule has 0 aromatic heterocycles. The highest BCUT2D eigenvalue weighted by atomic mass is 16.5. The lowest BCUT2D eigenvalue weighted by Crippen LogP contribution is -2.32. The number of aryl methyl sites for hydroxylation is 1. The first-order valence-electron chi connectivity index (χ1n) is 10.8. The third kappa shape index (κ3) is 7.59. The van der Waals surface area contributed by atoms with E-state index >= 15 is 0 Å². The van der Waals surface area contributed by atoms with Crippen LogP contribution in [-0.4, -0.2) is 44.8 Å². The van der Waals surface area contributed by atoms with Gasteiger partial charge in [-0.1, -0.05) is 23.8 Å². The number of hydrazone groups is 1. The number of hydrogen-bond donors (Lipinski definition) is 3. The van der Waals surface area contributed by atoms with Crippen molar-refractivity contribution in [3.63, 3.8) is 0 Å². The molecular formula is C26H26N4O6. The van der Waals surface area contributed by atoms with Gasteiger partial charge in [0.2, 0.25) is 0 Å². The molecule has 0 spiro atoms. The molecule has 186 valence electrons. The molecule has 0 heterocycles. The number of nitrogens with zero attached hydrogens (tertiary/aromatic N) is 1. The van der Waals surface area contributed by atoms with Crippen LogP contribution in [0.2, 0.25) is 0 Å². The number of methoxy groups -OCH3 is 2. The molecule has 0 bridgehead atoms. The Kier molecular flexibility index (Phi) is 8.99. The summed E-state index contributed by atoms with van der Waals surface area (Å²) < 4.78 is 16.0. The van der Waals surface area contributed by atoms with Crippen molar-refractivity contribution in [1.82, 2.24) is 5.43 Å². The molecule has 3 N–H and O–H groups in total. The Bertz CT molecular complexity index is 1260. The van der Waals surface area contributed by atoms with Gasteiger partial charge < -0.3 is 24.8 Å². The Balaban J connectivity index is 1.52. The third-order valence-electron chi connectivity index (χ3n) is 4.80. The zero-order valence-corrected chi connectivity index (χ0v) is 20.0. The number of benzene rings is 3. The van der Waals surface area contributed by atoms with Gasteiger partial charge in [0.1, 0.15) is 5.75 Å². The highest BCUT2D eigenvalue weighted by molar-refractivity contribution is 6.39. The van der Waals surface area contributed by atoms with E-state index in [9.17, 15) is 14.4 Å². The van der Waals surface area contributed by atoms with E-state index in [1.165, 1.54) is 20.4 Å². The van der Waals surface area contributed by atoms with Crippen LogP contribution in [0.4, 0.5) is 11.4 Å². The molecule has 0 fully saturated rings. The second-order valence-corrected chi connectivity index (χ2v) is 7.50. The number of carbonyl (C=O) groups is 3. The minimum atomic E-state index is -0.944. The lowest BCUT2D eigenvalue weighted by molar-refractivity contribution is -0.136. The van der Waals surface area contributed by atoms with Gasteiger partial charge in [-0.05, 0) is 55.0 Å². The summed E-state index contributed by atoms with van der Waals surface area (Å²) in [6, 6.07) is 18.9. The molecule has 0 atom stereocenters. The van der Waals surface area contributed by atoms with E-state index in [0.717, 1.165) is 5.56 Å². The van der Waals surface area contributed by atoms with Gasteiger partial charge in [0, 0.05) is 17.4 Å². The predicted octanol–water partition coefficient (Wildman–Crippen LogP) is 3.12. The van der Waals surface area contributed by atoms with Gasteiger partial charge in [0.25, 0.3) is 5.91 Å². The first-order valence-corrected chi connectivity index (χ1v) is 10.8. The normalized spacial score (nSPS) is 10.4. The van der Waals surface area contributed by atoms with Crippen molar-refractivity contribution in [2.24, 2.45) is 5.10 Å². The van der Waals surface area contributed by atoms with Crippen molar-refractivity contribution >= 4 is 35.3 Å². The summed E-state index contributed by atoms with van der Waals surface area (Å²) in [7, 11) is 2.96. The maximum Gasteiger partial charge on any atom is 0.329 e. The molecule has 3 amide bonds. The number of carbonyl (C=O) groups excluding carboxylic acids is 3. The first kappa shape index (κ1) is 25.8. The van der Waals surface area contributed by atoms with Crippen molar-refractivity contribution in [3.8, 4) is 17.2 Å². The third-order valence-corrected chi connectivity index (χ3v) is 4.80. The largest absolute Gasteiger partial charge is 0.497 e. The van der Waals surface area contributed by atoms with Crippen LogP contribution >= 0.6 is 0 Å². The predicted molar refractivity (Wildman–Crippen MR) is 136 cm³/mol. The molecule has 0 aliphatic heterocycles. The maximum absolute atomic E-state index is 12.2. The fourth-order valence-electron chi connectivity index (χ4n) is 2.97. The van der Waals surface area contributed by atoms with Crippen molar-refractivity contribution in [2.75, 3.05) is 31.5 Å². The molecular weight excluding hydrogens is 464 g/mol. The number of rotatable bonds is 9. The van der Waals surface area contributed by atoms with Crippen LogP contribution in [0.5, 0.6) is 17.2 Å².